The van der Waals surface area contributed by atoms with Crippen molar-refractivity contribution < 1.29 is 27.6 Å². The van der Waals surface area contributed by atoms with Crippen molar-refractivity contribution in [3.05, 3.63) is 39.7 Å². The first-order chi connectivity index (χ1) is 10.2. The molecule has 0 bridgehead atoms. The SMILES string of the molecule is CCOC(=O)c1nc2ccc([N+](=O)[O-])cc2nc1C(F)(F)F. The monoisotopic (exact) mass is 315 g/mol. The van der Waals surface area contributed by atoms with E-state index in [0.717, 1.165) is 18.2 Å². The van der Waals surface area contributed by atoms with E-state index < -0.39 is 34.1 Å². The second-order valence-electron chi connectivity index (χ2n) is 4.07. The zero-order chi connectivity index (χ0) is 16.5. The summed E-state index contributed by atoms with van der Waals surface area (Å²) in [5, 5.41) is 10.6. The minimum Gasteiger partial charge on any atom is -0.461 e. The maximum absolute atomic E-state index is 13.0. The summed E-state index contributed by atoms with van der Waals surface area (Å²) in [4.78, 5) is 28.4. The lowest BCUT2D eigenvalue weighted by atomic mass is 10.2. The zero-order valence-electron chi connectivity index (χ0n) is 11.0. The second kappa shape index (κ2) is 5.54. The predicted octanol–water partition coefficient (Wildman–Crippen LogP) is 2.73. The van der Waals surface area contributed by atoms with Crippen molar-refractivity contribution in [1.82, 2.24) is 9.97 Å². The quantitative estimate of drug-likeness (QED) is 0.491. The van der Waals surface area contributed by atoms with Crippen LogP contribution in [0.15, 0.2) is 18.2 Å². The highest BCUT2D eigenvalue weighted by Gasteiger charge is 2.39. The largest absolute Gasteiger partial charge is 0.461 e. The van der Waals surface area contributed by atoms with E-state index in [1.54, 1.807) is 0 Å². The number of nitro groups is 1. The van der Waals surface area contributed by atoms with Gasteiger partial charge in [0.15, 0.2) is 11.4 Å². The minimum atomic E-state index is -4.95. The van der Waals surface area contributed by atoms with Gasteiger partial charge in [0.05, 0.1) is 22.6 Å². The molecule has 0 atom stereocenters. The molecule has 0 aliphatic rings. The highest BCUT2D eigenvalue weighted by molar-refractivity contribution is 5.91. The van der Waals surface area contributed by atoms with Crippen LogP contribution in [-0.4, -0.2) is 27.5 Å². The topological polar surface area (TPSA) is 95.2 Å². The number of alkyl halides is 3. The Kier molecular flexibility index (Phi) is 3.93. The fourth-order valence-corrected chi connectivity index (χ4v) is 1.70. The Morgan fingerprint density at radius 1 is 1.32 bits per heavy atom. The van der Waals surface area contributed by atoms with Crippen molar-refractivity contribution in [2.45, 2.75) is 13.1 Å². The lowest BCUT2D eigenvalue weighted by molar-refractivity contribution is -0.384. The molecule has 0 unspecified atom stereocenters. The van der Waals surface area contributed by atoms with Gasteiger partial charge in [0.2, 0.25) is 0 Å². The molecular weight excluding hydrogens is 307 g/mol. The molecule has 0 N–H and O–H groups in total. The summed E-state index contributed by atoms with van der Waals surface area (Å²) in [6.45, 7) is 1.30. The predicted molar refractivity (Wildman–Crippen MR) is 67.2 cm³/mol. The molecule has 116 valence electrons. The van der Waals surface area contributed by atoms with Gasteiger partial charge in [-0.2, -0.15) is 13.2 Å². The molecule has 1 aromatic heterocycles. The first-order valence-electron chi connectivity index (χ1n) is 5.94. The molecule has 7 nitrogen and oxygen atoms in total. The molecule has 1 aromatic carbocycles. The summed E-state index contributed by atoms with van der Waals surface area (Å²) in [7, 11) is 0. The van der Waals surface area contributed by atoms with Crippen LogP contribution in [0.2, 0.25) is 0 Å². The smallest absolute Gasteiger partial charge is 0.435 e. The number of benzene rings is 1. The first kappa shape index (κ1) is 15.6. The van der Waals surface area contributed by atoms with E-state index >= 15 is 0 Å². The van der Waals surface area contributed by atoms with Crippen molar-refractivity contribution in [2.24, 2.45) is 0 Å². The van der Waals surface area contributed by atoms with Gasteiger partial charge in [-0.25, -0.2) is 14.8 Å². The molecule has 0 aliphatic carbocycles. The Hall–Kier alpha value is -2.78. The molecule has 2 rings (SSSR count). The maximum atomic E-state index is 13.0. The Bertz CT molecular complexity index is 761. The van der Waals surface area contributed by atoms with E-state index in [0.29, 0.717) is 0 Å². The van der Waals surface area contributed by atoms with Crippen LogP contribution in [-0.2, 0) is 10.9 Å². The number of rotatable bonds is 3. The first-order valence-corrected chi connectivity index (χ1v) is 5.94. The molecule has 2 aromatic rings. The number of halogens is 3. The van der Waals surface area contributed by atoms with Gasteiger partial charge in [-0.05, 0) is 13.0 Å². The van der Waals surface area contributed by atoms with Gasteiger partial charge in [-0.3, -0.25) is 10.1 Å². The molecule has 22 heavy (non-hydrogen) atoms. The van der Waals surface area contributed by atoms with Crippen LogP contribution in [0.3, 0.4) is 0 Å². The number of esters is 1. The molecule has 1 heterocycles. The summed E-state index contributed by atoms with van der Waals surface area (Å²) >= 11 is 0. The van der Waals surface area contributed by atoms with Gasteiger partial charge in [0.1, 0.15) is 0 Å². The third kappa shape index (κ3) is 2.95. The van der Waals surface area contributed by atoms with Gasteiger partial charge in [-0.1, -0.05) is 0 Å². The summed E-state index contributed by atoms with van der Waals surface area (Å²) in [6.07, 6.45) is -4.95. The molecule has 0 fully saturated rings. The number of carbonyl (C=O) groups is 1. The molecular formula is C12H8F3N3O4. The van der Waals surface area contributed by atoms with Crippen molar-refractivity contribution in [3.63, 3.8) is 0 Å². The molecule has 0 saturated heterocycles. The van der Waals surface area contributed by atoms with Crippen LogP contribution < -0.4 is 0 Å². The third-order valence-electron chi connectivity index (χ3n) is 2.60. The van der Waals surface area contributed by atoms with Gasteiger partial charge < -0.3 is 4.74 Å². The van der Waals surface area contributed by atoms with Gasteiger partial charge in [-0.15, -0.1) is 0 Å². The molecule has 0 spiro atoms. The Morgan fingerprint density at radius 2 is 2.00 bits per heavy atom. The summed E-state index contributed by atoms with van der Waals surface area (Å²) in [5.74, 6) is -1.26. The average Bonchev–Trinajstić information content (AvgIpc) is 2.44. The average molecular weight is 315 g/mol. The van der Waals surface area contributed by atoms with Gasteiger partial charge >= 0.3 is 12.1 Å². The van der Waals surface area contributed by atoms with Crippen molar-refractivity contribution in [3.8, 4) is 0 Å². The normalized spacial score (nSPS) is 11.5. The van der Waals surface area contributed by atoms with Crippen LogP contribution in [0.4, 0.5) is 18.9 Å². The second-order valence-corrected chi connectivity index (χ2v) is 4.07. The van der Waals surface area contributed by atoms with Gasteiger partial charge in [0.25, 0.3) is 5.69 Å². The molecule has 0 aliphatic heterocycles. The van der Waals surface area contributed by atoms with Crippen LogP contribution in [0, 0.1) is 10.1 Å². The lowest BCUT2D eigenvalue weighted by Gasteiger charge is -2.11. The molecule has 0 amide bonds. The Balaban J connectivity index is 2.71. The van der Waals surface area contributed by atoms with Crippen LogP contribution >= 0.6 is 0 Å². The Labute approximate surface area is 120 Å². The standard InChI is InChI=1S/C12H8F3N3O4/c1-2-22-11(19)9-10(12(13,14)15)17-8-5-6(18(20)21)3-4-7(8)16-9/h3-5H,2H2,1H3. The number of fused-ring (bicyclic) bond motifs is 1. The molecule has 0 saturated carbocycles. The number of hydrogen-bond donors (Lipinski definition) is 0. The Morgan fingerprint density at radius 3 is 2.55 bits per heavy atom. The highest BCUT2D eigenvalue weighted by atomic mass is 19.4. The van der Waals surface area contributed by atoms with Crippen LogP contribution in [0.1, 0.15) is 23.1 Å². The maximum Gasteiger partial charge on any atom is 0.435 e. The van der Waals surface area contributed by atoms with E-state index in [2.05, 4.69) is 14.7 Å². The number of aromatic nitrogens is 2. The van der Waals surface area contributed by atoms with Gasteiger partial charge in [0, 0.05) is 12.1 Å². The zero-order valence-corrected chi connectivity index (χ0v) is 11.0. The summed E-state index contributed by atoms with van der Waals surface area (Å²) < 4.78 is 43.5. The molecule has 10 heteroatoms. The fraction of sp³-hybridized carbons (Fsp3) is 0.250. The molecule has 0 radical (unpaired) electrons. The van der Waals surface area contributed by atoms with E-state index in [1.165, 1.54) is 6.92 Å². The third-order valence-corrected chi connectivity index (χ3v) is 2.60. The summed E-state index contributed by atoms with van der Waals surface area (Å²) in [5.41, 5.74) is -3.37. The van der Waals surface area contributed by atoms with Crippen LogP contribution in [0.25, 0.3) is 11.0 Å². The van der Waals surface area contributed by atoms with Crippen molar-refractivity contribution in [2.75, 3.05) is 6.61 Å². The number of ether oxygens (including phenoxy) is 1. The van der Waals surface area contributed by atoms with Crippen molar-refractivity contribution >= 4 is 22.7 Å². The number of hydrogen-bond acceptors (Lipinski definition) is 6. The van der Waals surface area contributed by atoms with E-state index in [4.69, 9.17) is 0 Å². The summed E-state index contributed by atoms with van der Waals surface area (Å²) in [6, 6.07) is 3.02. The highest BCUT2D eigenvalue weighted by Crippen LogP contribution is 2.32. The number of nitrogens with zero attached hydrogens (tertiary/aromatic N) is 3. The number of nitro benzene ring substituents is 1. The number of non-ortho nitro benzene ring substituents is 1. The van der Waals surface area contributed by atoms with E-state index in [-0.39, 0.29) is 17.6 Å². The van der Waals surface area contributed by atoms with E-state index in [1.807, 2.05) is 0 Å². The fourth-order valence-electron chi connectivity index (χ4n) is 1.70. The van der Waals surface area contributed by atoms with Crippen molar-refractivity contribution in [1.29, 1.82) is 0 Å². The van der Waals surface area contributed by atoms with Crippen LogP contribution in [0.5, 0.6) is 0 Å². The number of carbonyl (C=O) groups excluding carboxylic acids is 1. The minimum absolute atomic E-state index is 0.0818. The lowest BCUT2D eigenvalue weighted by Crippen LogP contribution is -2.19. The van der Waals surface area contributed by atoms with E-state index in [9.17, 15) is 28.1 Å².